The van der Waals surface area contributed by atoms with Crippen LogP contribution in [0, 0.1) is 5.92 Å². The van der Waals surface area contributed by atoms with E-state index in [0.29, 0.717) is 5.92 Å². The highest BCUT2D eigenvalue weighted by Crippen LogP contribution is 2.50. The van der Waals surface area contributed by atoms with E-state index in [1.165, 1.54) is 5.56 Å². The molecular weight excluding hydrogens is 308 g/mol. The van der Waals surface area contributed by atoms with E-state index in [1.807, 2.05) is 24.3 Å². The van der Waals surface area contributed by atoms with E-state index in [1.54, 1.807) is 12.1 Å². The summed E-state index contributed by atoms with van der Waals surface area (Å²) in [6.07, 6.45) is 5.36. The maximum Gasteiger partial charge on any atom is 0.238 e. The average molecular weight is 326 g/mol. The van der Waals surface area contributed by atoms with E-state index < -0.39 is 10.0 Å². The molecule has 118 valence electrons. The van der Waals surface area contributed by atoms with Crippen LogP contribution >= 0.6 is 0 Å². The molecule has 2 aromatic carbocycles. The van der Waals surface area contributed by atoms with Gasteiger partial charge in [-0.2, -0.15) is 0 Å². The Morgan fingerprint density at radius 3 is 2.61 bits per heavy atom. The monoisotopic (exact) mass is 326 g/mol. The minimum absolute atomic E-state index is 0.176. The van der Waals surface area contributed by atoms with Gasteiger partial charge in [0.1, 0.15) is 0 Å². The summed E-state index contributed by atoms with van der Waals surface area (Å²) in [5.41, 5.74) is 3.26. The molecule has 1 aliphatic heterocycles. The molecular formula is C18H18N2O2S. The quantitative estimate of drug-likeness (QED) is 0.833. The highest BCUT2D eigenvalue weighted by molar-refractivity contribution is 7.89. The maximum absolute atomic E-state index is 11.6. The number of rotatable bonds is 2. The van der Waals surface area contributed by atoms with Crippen LogP contribution in [-0.4, -0.2) is 8.42 Å². The van der Waals surface area contributed by atoms with E-state index >= 15 is 0 Å². The molecule has 4 nitrogen and oxygen atoms in total. The SMILES string of the molecule is NS(=O)(=O)c1ccc2c(c1)C1C=CC[C@@H]1C(c1ccccc1)N2. The summed E-state index contributed by atoms with van der Waals surface area (Å²) in [6, 6.07) is 15.7. The van der Waals surface area contributed by atoms with Crippen LogP contribution in [0.25, 0.3) is 0 Å². The molecule has 0 saturated heterocycles. The molecule has 1 aliphatic carbocycles. The van der Waals surface area contributed by atoms with Gasteiger partial charge in [0, 0.05) is 11.6 Å². The van der Waals surface area contributed by atoms with Crippen molar-refractivity contribution in [2.24, 2.45) is 11.1 Å². The second-order valence-corrected chi connectivity index (χ2v) is 7.74. The van der Waals surface area contributed by atoms with Gasteiger partial charge in [0.25, 0.3) is 0 Å². The number of nitrogens with two attached hydrogens (primary N) is 1. The van der Waals surface area contributed by atoms with Crippen molar-refractivity contribution >= 4 is 15.7 Å². The maximum atomic E-state index is 11.6. The molecule has 23 heavy (non-hydrogen) atoms. The zero-order valence-corrected chi connectivity index (χ0v) is 13.3. The largest absolute Gasteiger partial charge is 0.378 e. The van der Waals surface area contributed by atoms with E-state index in [0.717, 1.165) is 17.7 Å². The average Bonchev–Trinajstić information content (AvgIpc) is 3.03. The van der Waals surface area contributed by atoms with Crippen molar-refractivity contribution in [1.82, 2.24) is 0 Å². The van der Waals surface area contributed by atoms with Crippen LogP contribution in [0.2, 0.25) is 0 Å². The Balaban J connectivity index is 1.81. The molecule has 0 radical (unpaired) electrons. The number of primary sulfonamides is 1. The third-order valence-corrected chi connectivity index (χ3v) is 5.73. The lowest BCUT2D eigenvalue weighted by Gasteiger charge is -2.37. The van der Waals surface area contributed by atoms with Crippen LogP contribution in [0.4, 0.5) is 5.69 Å². The molecule has 0 fully saturated rings. The molecule has 4 rings (SSSR count). The van der Waals surface area contributed by atoms with Crippen molar-refractivity contribution in [3.63, 3.8) is 0 Å². The number of sulfonamides is 1. The molecule has 2 aliphatic rings. The first-order valence-corrected chi connectivity index (χ1v) is 9.23. The van der Waals surface area contributed by atoms with Crippen molar-refractivity contribution in [2.45, 2.75) is 23.3 Å². The number of benzene rings is 2. The van der Waals surface area contributed by atoms with E-state index in [4.69, 9.17) is 5.14 Å². The summed E-state index contributed by atoms with van der Waals surface area (Å²) in [4.78, 5) is 0.176. The molecule has 2 unspecified atom stereocenters. The molecule has 2 aromatic rings. The number of allylic oxidation sites excluding steroid dienone is 2. The predicted molar refractivity (Wildman–Crippen MR) is 90.6 cm³/mol. The Hall–Kier alpha value is -2.11. The van der Waals surface area contributed by atoms with Gasteiger partial charge in [-0.3, -0.25) is 0 Å². The lowest BCUT2D eigenvalue weighted by Crippen LogP contribution is -2.29. The van der Waals surface area contributed by atoms with Crippen LogP contribution in [0.1, 0.15) is 29.5 Å². The molecule has 3 atom stereocenters. The summed E-state index contributed by atoms with van der Waals surface area (Å²) >= 11 is 0. The molecule has 0 spiro atoms. The topological polar surface area (TPSA) is 72.2 Å². The molecule has 0 aromatic heterocycles. The van der Waals surface area contributed by atoms with Crippen LogP contribution in [0.15, 0.2) is 65.6 Å². The smallest absolute Gasteiger partial charge is 0.238 e. The molecule has 5 heteroatoms. The van der Waals surface area contributed by atoms with Crippen molar-refractivity contribution < 1.29 is 8.42 Å². The lowest BCUT2D eigenvalue weighted by molar-refractivity contribution is 0.425. The van der Waals surface area contributed by atoms with Crippen LogP contribution < -0.4 is 10.5 Å². The first kappa shape index (κ1) is 14.5. The molecule has 0 bridgehead atoms. The first-order valence-electron chi connectivity index (χ1n) is 7.69. The molecule has 0 amide bonds. The third kappa shape index (κ3) is 2.46. The van der Waals surface area contributed by atoms with Gasteiger partial charge in [-0.05, 0) is 41.7 Å². The fraction of sp³-hybridized carbons (Fsp3) is 0.222. The fourth-order valence-corrected chi connectivity index (χ4v) is 4.29. The van der Waals surface area contributed by atoms with Gasteiger partial charge in [-0.25, -0.2) is 13.6 Å². The standard InChI is InChI=1S/C18H18N2O2S/c19-23(21,22)13-9-10-17-16(11-13)14-7-4-8-15(14)18(20-17)12-5-2-1-3-6-12/h1-7,9-11,14-15,18,20H,8H2,(H2,19,21,22)/t14?,15-,18?/m0/s1. The van der Waals surface area contributed by atoms with E-state index in [9.17, 15) is 8.42 Å². The zero-order chi connectivity index (χ0) is 16.0. The van der Waals surface area contributed by atoms with Crippen LogP contribution in [0.5, 0.6) is 0 Å². The Labute approximate surface area is 136 Å². The predicted octanol–water partition coefficient (Wildman–Crippen LogP) is 3.16. The Kier molecular flexibility index (Phi) is 3.28. The normalized spacial score (nSPS) is 25.5. The summed E-state index contributed by atoms with van der Waals surface area (Å²) in [5, 5.41) is 8.87. The summed E-state index contributed by atoms with van der Waals surface area (Å²) in [6.45, 7) is 0. The van der Waals surface area contributed by atoms with E-state index in [2.05, 4.69) is 29.6 Å². The lowest BCUT2D eigenvalue weighted by atomic mass is 9.77. The Bertz CT molecular complexity index is 875. The summed E-state index contributed by atoms with van der Waals surface area (Å²) in [7, 11) is -3.68. The number of hydrogen-bond acceptors (Lipinski definition) is 3. The molecule has 0 saturated carbocycles. The van der Waals surface area contributed by atoms with Gasteiger partial charge in [0.2, 0.25) is 10.0 Å². The van der Waals surface area contributed by atoms with Gasteiger partial charge in [0.15, 0.2) is 0 Å². The van der Waals surface area contributed by atoms with Crippen LogP contribution in [0.3, 0.4) is 0 Å². The van der Waals surface area contributed by atoms with Crippen LogP contribution in [-0.2, 0) is 10.0 Å². The van der Waals surface area contributed by atoms with E-state index in [-0.39, 0.29) is 16.9 Å². The summed E-state index contributed by atoms with van der Waals surface area (Å²) in [5.74, 6) is 0.610. The van der Waals surface area contributed by atoms with Gasteiger partial charge in [0.05, 0.1) is 10.9 Å². The first-order chi connectivity index (χ1) is 11.0. The van der Waals surface area contributed by atoms with Crippen molar-refractivity contribution in [3.05, 3.63) is 71.8 Å². The third-order valence-electron chi connectivity index (χ3n) is 4.82. The van der Waals surface area contributed by atoms with Gasteiger partial charge < -0.3 is 5.32 Å². The zero-order valence-electron chi connectivity index (χ0n) is 12.5. The number of hydrogen-bond donors (Lipinski definition) is 2. The minimum Gasteiger partial charge on any atom is -0.378 e. The highest BCUT2D eigenvalue weighted by atomic mass is 32.2. The Morgan fingerprint density at radius 1 is 1.09 bits per heavy atom. The highest BCUT2D eigenvalue weighted by Gasteiger charge is 2.38. The van der Waals surface area contributed by atoms with Crippen molar-refractivity contribution in [1.29, 1.82) is 0 Å². The number of fused-ring (bicyclic) bond motifs is 3. The molecule has 1 heterocycles. The van der Waals surface area contributed by atoms with Crippen molar-refractivity contribution in [3.8, 4) is 0 Å². The number of anilines is 1. The molecule has 3 N–H and O–H groups in total. The fourth-order valence-electron chi connectivity index (χ4n) is 3.74. The van der Waals surface area contributed by atoms with Gasteiger partial charge >= 0.3 is 0 Å². The Morgan fingerprint density at radius 2 is 1.87 bits per heavy atom. The second kappa shape index (κ2) is 5.22. The van der Waals surface area contributed by atoms with Crippen molar-refractivity contribution in [2.75, 3.05) is 5.32 Å². The second-order valence-electron chi connectivity index (χ2n) is 6.18. The van der Waals surface area contributed by atoms with Gasteiger partial charge in [-0.15, -0.1) is 0 Å². The minimum atomic E-state index is -3.68. The number of nitrogens with one attached hydrogen (secondary N) is 1. The summed E-state index contributed by atoms with van der Waals surface area (Å²) < 4.78 is 23.3. The van der Waals surface area contributed by atoms with Gasteiger partial charge in [-0.1, -0.05) is 42.5 Å².